The molecule has 1 amide bonds. The summed E-state index contributed by atoms with van der Waals surface area (Å²) >= 11 is 0. The maximum atomic E-state index is 12.0. The molecule has 2 saturated heterocycles. The van der Waals surface area contributed by atoms with Crippen LogP contribution in [0, 0.1) is 11.3 Å². The van der Waals surface area contributed by atoms with E-state index in [0.717, 1.165) is 19.3 Å². The van der Waals surface area contributed by atoms with Gasteiger partial charge < -0.3 is 19.5 Å². The van der Waals surface area contributed by atoms with Gasteiger partial charge in [-0.25, -0.2) is 4.79 Å². The molecule has 3 N–H and O–H groups in total. The van der Waals surface area contributed by atoms with E-state index in [1.165, 1.54) is 12.8 Å². The van der Waals surface area contributed by atoms with Gasteiger partial charge in [-0.2, -0.15) is 0 Å². The van der Waals surface area contributed by atoms with Gasteiger partial charge in [0.05, 0.1) is 13.2 Å². The second-order valence-electron chi connectivity index (χ2n) is 8.15. The second-order valence-corrected chi connectivity index (χ2v) is 8.15. The number of fused-ring (bicyclic) bond motifs is 1. The van der Waals surface area contributed by atoms with E-state index in [1.807, 2.05) is 0 Å². The van der Waals surface area contributed by atoms with Gasteiger partial charge in [-0.1, -0.05) is 34.1 Å². The molecule has 0 aliphatic carbocycles. The van der Waals surface area contributed by atoms with Crippen molar-refractivity contribution in [2.45, 2.75) is 77.7 Å². The third-order valence-corrected chi connectivity index (χ3v) is 5.17. The van der Waals surface area contributed by atoms with E-state index < -0.39 is 17.9 Å². The highest BCUT2D eigenvalue weighted by Gasteiger charge is 2.55. The fourth-order valence-electron chi connectivity index (χ4n) is 4.05. The number of hydrogen-bond acceptors (Lipinski definition) is 5. The van der Waals surface area contributed by atoms with E-state index in [2.05, 4.69) is 33.0 Å². The van der Waals surface area contributed by atoms with Gasteiger partial charge in [-0.05, 0) is 30.6 Å². The minimum absolute atomic E-state index is 0.170. The van der Waals surface area contributed by atoms with Crippen LogP contribution >= 0.6 is 0 Å². The van der Waals surface area contributed by atoms with Crippen LogP contribution in [0.5, 0.6) is 0 Å². The van der Waals surface area contributed by atoms with Crippen molar-refractivity contribution >= 4 is 6.09 Å². The zero-order valence-corrected chi connectivity index (χ0v) is 15.6. The molecule has 140 valence electrons. The Kier molecular flexibility index (Phi) is 6.51. The highest BCUT2D eigenvalue weighted by atomic mass is 16.6. The topological polar surface area (TPSA) is 82.8 Å². The second kappa shape index (κ2) is 8.02. The molecule has 6 heteroatoms. The molecule has 24 heavy (non-hydrogen) atoms. The number of nitrogens with one attached hydrogen (secondary N) is 1. The van der Waals surface area contributed by atoms with E-state index >= 15 is 0 Å². The first-order valence-corrected chi connectivity index (χ1v) is 9.26. The maximum Gasteiger partial charge on any atom is 0.407 e. The summed E-state index contributed by atoms with van der Waals surface area (Å²) in [6.07, 6.45) is 4.15. The fraction of sp³-hybridized carbons (Fsp3) is 0.944. The first-order valence-electron chi connectivity index (χ1n) is 9.26. The first-order chi connectivity index (χ1) is 11.3. The van der Waals surface area contributed by atoms with Gasteiger partial charge in [-0.3, -0.25) is 5.73 Å². The Morgan fingerprint density at radius 2 is 2.25 bits per heavy atom. The van der Waals surface area contributed by atoms with E-state index in [1.54, 1.807) is 0 Å². The lowest BCUT2D eigenvalue weighted by Gasteiger charge is -2.28. The Bertz CT molecular complexity index is 429. The zero-order valence-electron chi connectivity index (χ0n) is 15.6. The monoisotopic (exact) mass is 342 g/mol. The standard InChI is InChI=1S/C18H34N2O4/c1-5-8-17(3,4)11-13(2)6-9-20-16(21)24-15-12-22-14-7-10-23-18(14,15)19/h13-15H,5-12,19H2,1-4H3,(H,20,21)/t13?,14-,15?,18+/m1/s1. The predicted molar refractivity (Wildman–Crippen MR) is 92.6 cm³/mol. The average molecular weight is 342 g/mol. The molecule has 2 fully saturated rings. The molecule has 2 aliphatic rings. The third-order valence-electron chi connectivity index (χ3n) is 5.17. The van der Waals surface area contributed by atoms with Gasteiger partial charge in [-0.15, -0.1) is 0 Å². The van der Waals surface area contributed by atoms with Gasteiger partial charge in [0.2, 0.25) is 0 Å². The Labute approximate surface area is 145 Å². The van der Waals surface area contributed by atoms with Crippen LogP contribution in [0.25, 0.3) is 0 Å². The van der Waals surface area contributed by atoms with E-state index in [-0.39, 0.29) is 6.10 Å². The lowest BCUT2D eigenvalue weighted by Crippen LogP contribution is -2.55. The van der Waals surface area contributed by atoms with Crippen LogP contribution in [-0.4, -0.2) is 43.8 Å². The Morgan fingerprint density at radius 3 is 2.96 bits per heavy atom. The smallest absolute Gasteiger partial charge is 0.407 e. The van der Waals surface area contributed by atoms with Crippen LogP contribution in [-0.2, 0) is 14.2 Å². The number of ether oxygens (including phenoxy) is 3. The predicted octanol–water partition coefficient (Wildman–Crippen LogP) is 2.80. The van der Waals surface area contributed by atoms with Crippen LogP contribution in [0.1, 0.15) is 59.8 Å². The number of alkyl carbamates (subject to hydrolysis) is 1. The molecule has 0 aromatic carbocycles. The van der Waals surface area contributed by atoms with Crippen molar-refractivity contribution in [3.63, 3.8) is 0 Å². The highest BCUT2D eigenvalue weighted by molar-refractivity contribution is 5.67. The normalized spacial score (nSPS) is 30.9. The van der Waals surface area contributed by atoms with Crippen molar-refractivity contribution in [3.8, 4) is 0 Å². The molecular weight excluding hydrogens is 308 g/mol. The SMILES string of the molecule is CCCC(C)(C)CC(C)CCNC(=O)OC1CO[C@@H]2CCO[C@]12N. The van der Waals surface area contributed by atoms with Gasteiger partial charge in [0.15, 0.2) is 11.8 Å². The van der Waals surface area contributed by atoms with Crippen molar-refractivity contribution in [1.29, 1.82) is 0 Å². The van der Waals surface area contributed by atoms with E-state index in [9.17, 15) is 4.79 Å². The van der Waals surface area contributed by atoms with Crippen molar-refractivity contribution in [2.75, 3.05) is 19.8 Å². The molecule has 0 bridgehead atoms. The van der Waals surface area contributed by atoms with Crippen molar-refractivity contribution in [3.05, 3.63) is 0 Å². The molecule has 4 atom stereocenters. The summed E-state index contributed by atoms with van der Waals surface area (Å²) in [6.45, 7) is 10.5. The summed E-state index contributed by atoms with van der Waals surface area (Å²) in [5.74, 6) is 0.560. The van der Waals surface area contributed by atoms with Crippen LogP contribution < -0.4 is 11.1 Å². The molecule has 0 radical (unpaired) electrons. The Morgan fingerprint density at radius 1 is 1.50 bits per heavy atom. The molecule has 2 heterocycles. The fourth-order valence-corrected chi connectivity index (χ4v) is 4.05. The van der Waals surface area contributed by atoms with E-state index in [4.69, 9.17) is 19.9 Å². The van der Waals surface area contributed by atoms with Crippen LogP contribution in [0.15, 0.2) is 0 Å². The number of nitrogens with two attached hydrogens (primary N) is 1. The summed E-state index contributed by atoms with van der Waals surface area (Å²) < 4.78 is 16.5. The van der Waals surface area contributed by atoms with Crippen LogP contribution in [0.2, 0.25) is 0 Å². The minimum atomic E-state index is -0.977. The van der Waals surface area contributed by atoms with Crippen molar-refractivity contribution in [2.24, 2.45) is 17.1 Å². The molecule has 0 spiro atoms. The lowest BCUT2D eigenvalue weighted by molar-refractivity contribution is -0.0754. The highest BCUT2D eigenvalue weighted by Crippen LogP contribution is 2.35. The molecule has 0 aromatic rings. The molecule has 6 nitrogen and oxygen atoms in total. The number of carbonyl (C=O) groups excluding carboxylic acids is 1. The Balaban J connectivity index is 1.67. The summed E-state index contributed by atoms with van der Waals surface area (Å²) in [7, 11) is 0. The molecular formula is C18H34N2O4. The summed E-state index contributed by atoms with van der Waals surface area (Å²) in [5.41, 5.74) is 5.56. The molecule has 0 aromatic heterocycles. The van der Waals surface area contributed by atoms with Gasteiger partial charge in [0.1, 0.15) is 6.10 Å². The number of carbonyl (C=O) groups is 1. The van der Waals surface area contributed by atoms with E-state index in [0.29, 0.717) is 31.1 Å². The number of hydrogen-bond donors (Lipinski definition) is 2. The van der Waals surface area contributed by atoms with Gasteiger partial charge >= 0.3 is 6.09 Å². The zero-order chi connectivity index (χ0) is 17.8. The number of rotatable bonds is 8. The molecule has 2 aliphatic heterocycles. The van der Waals surface area contributed by atoms with Crippen LogP contribution in [0.3, 0.4) is 0 Å². The average Bonchev–Trinajstić information content (AvgIpc) is 2.96. The van der Waals surface area contributed by atoms with Gasteiger partial charge in [0, 0.05) is 13.0 Å². The quantitative estimate of drug-likeness (QED) is 0.709. The summed E-state index contributed by atoms with van der Waals surface area (Å²) in [5, 5.41) is 2.83. The third kappa shape index (κ3) is 4.83. The Hall–Kier alpha value is -0.850. The molecule has 2 unspecified atom stereocenters. The molecule has 0 saturated carbocycles. The minimum Gasteiger partial charge on any atom is -0.439 e. The van der Waals surface area contributed by atoms with Crippen molar-refractivity contribution in [1.82, 2.24) is 5.32 Å². The van der Waals surface area contributed by atoms with Crippen LogP contribution in [0.4, 0.5) is 4.79 Å². The first kappa shape index (κ1) is 19.5. The summed E-state index contributed by atoms with van der Waals surface area (Å²) in [4.78, 5) is 12.0. The lowest BCUT2D eigenvalue weighted by atomic mass is 9.79. The summed E-state index contributed by atoms with van der Waals surface area (Å²) in [6, 6.07) is 0. The van der Waals surface area contributed by atoms with Gasteiger partial charge in [0.25, 0.3) is 0 Å². The number of amides is 1. The molecule has 2 rings (SSSR count). The largest absolute Gasteiger partial charge is 0.439 e. The maximum absolute atomic E-state index is 12.0. The van der Waals surface area contributed by atoms with Crippen molar-refractivity contribution < 1.29 is 19.0 Å².